The quantitative estimate of drug-likeness (QED) is 0.817. The average Bonchev–Trinajstić information content (AvgIpc) is 2.75. The maximum atomic E-state index is 13.0. The zero-order chi connectivity index (χ0) is 14.0. The molecule has 1 atom stereocenters. The van der Waals surface area contributed by atoms with Crippen molar-refractivity contribution in [2.75, 3.05) is 24.6 Å². The van der Waals surface area contributed by atoms with Gasteiger partial charge in [0.1, 0.15) is 21.0 Å². The Kier molecular flexibility index (Phi) is 4.42. The van der Waals surface area contributed by atoms with Crippen molar-refractivity contribution in [2.45, 2.75) is 25.9 Å². The number of carbonyl (C=O) groups excluding carboxylic acids is 1. The summed E-state index contributed by atoms with van der Waals surface area (Å²) in [4.78, 5) is 11.8. The average molecular weight is 287 g/mol. The number of alkyl halides is 3. The fourth-order valence-corrected chi connectivity index (χ4v) is 2.75. The minimum Gasteiger partial charge on any atom is -0.315 e. The second kappa shape index (κ2) is 5.16. The zero-order valence-corrected chi connectivity index (χ0v) is 10.8. The highest BCUT2D eigenvalue weighted by atomic mass is 32.2. The van der Waals surface area contributed by atoms with E-state index in [1.807, 2.05) is 0 Å². The van der Waals surface area contributed by atoms with Crippen LogP contribution in [0.1, 0.15) is 19.8 Å². The number of nitrogens with one attached hydrogen (secondary N) is 1. The van der Waals surface area contributed by atoms with E-state index in [0.29, 0.717) is 0 Å². The fourth-order valence-electron chi connectivity index (χ4n) is 1.96. The third-order valence-electron chi connectivity index (χ3n) is 3.31. The molecule has 0 amide bonds. The molecule has 1 N–H and O–H groups in total. The highest BCUT2D eigenvalue weighted by Crippen LogP contribution is 2.44. The van der Waals surface area contributed by atoms with Gasteiger partial charge in [-0.25, -0.2) is 8.42 Å². The lowest BCUT2D eigenvalue weighted by Gasteiger charge is -2.29. The standard InChI is InChI=1S/C10H16F3NO3S/c1-2-18(16,17)6-3-8(15)9(10(11,12)13)4-5-14-7-9/h14H,2-7H2,1H3. The summed E-state index contributed by atoms with van der Waals surface area (Å²) in [5.74, 6) is -1.71. The summed E-state index contributed by atoms with van der Waals surface area (Å²) in [5.41, 5.74) is -2.41. The van der Waals surface area contributed by atoms with Gasteiger partial charge in [0.15, 0.2) is 0 Å². The van der Waals surface area contributed by atoms with Gasteiger partial charge in [0, 0.05) is 18.7 Å². The first-order chi connectivity index (χ1) is 8.15. The second-order valence-corrected chi connectivity index (χ2v) is 6.89. The first kappa shape index (κ1) is 15.4. The lowest BCUT2D eigenvalue weighted by Crippen LogP contribution is -2.47. The van der Waals surface area contributed by atoms with E-state index in [1.54, 1.807) is 0 Å². The van der Waals surface area contributed by atoms with E-state index in [4.69, 9.17) is 0 Å². The Labute approximate surface area is 104 Å². The largest absolute Gasteiger partial charge is 0.402 e. The molecule has 1 saturated heterocycles. The van der Waals surface area contributed by atoms with Crippen LogP contribution in [-0.4, -0.2) is 45.0 Å². The molecule has 4 nitrogen and oxygen atoms in total. The molecule has 0 saturated carbocycles. The van der Waals surface area contributed by atoms with Crippen molar-refractivity contribution >= 4 is 15.6 Å². The Morgan fingerprint density at radius 1 is 1.39 bits per heavy atom. The molecule has 106 valence electrons. The van der Waals surface area contributed by atoms with Crippen molar-refractivity contribution in [3.63, 3.8) is 0 Å². The van der Waals surface area contributed by atoms with Gasteiger partial charge < -0.3 is 5.32 Å². The van der Waals surface area contributed by atoms with Crippen molar-refractivity contribution in [3.8, 4) is 0 Å². The molecule has 1 unspecified atom stereocenters. The molecular formula is C10H16F3NO3S. The Balaban J connectivity index is 2.80. The van der Waals surface area contributed by atoms with Crippen LogP contribution in [0.15, 0.2) is 0 Å². The first-order valence-electron chi connectivity index (χ1n) is 5.66. The third-order valence-corrected chi connectivity index (χ3v) is 5.02. The molecule has 0 aromatic rings. The SMILES string of the molecule is CCS(=O)(=O)CCC(=O)C1(C(F)(F)F)CCNC1. The van der Waals surface area contributed by atoms with Crippen molar-refractivity contribution in [1.29, 1.82) is 0 Å². The van der Waals surface area contributed by atoms with Gasteiger partial charge in [-0.2, -0.15) is 13.2 Å². The predicted molar refractivity (Wildman–Crippen MR) is 59.9 cm³/mol. The van der Waals surface area contributed by atoms with Crippen LogP contribution in [0.5, 0.6) is 0 Å². The van der Waals surface area contributed by atoms with E-state index < -0.39 is 45.9 Å². The van der Waals surface area contributed by atoms with Crippen LogP contribution in [0.3, 0.4) is 0 Å². The van der Waals surface area contributed by atoms with Gasteiger partial charge in [-0.3, -0.25) is 4.79 Å². The van der Waals surface area contributed by atoms with Gasteiger partial charge in [-0.05, 0) is 13.0 Å². The molecule has 0 aromatic heterocycles. The minimum absolute atomic E-state index is 0.117. The summed E-state index contributed by atoms with van der Waals surface area (Å²) in [6, 6.07) is 0. The van der Waals surface area contributed by atoms with Gasteiger partial charge in [0.25, 0.3) is 0 Å². The summed E-state index contributed by atoms with van der Waals surface area (Å²) >= 11 is 0. The molecule has 0 aliphatic carbocycles. The molecule has 0 spiro atoms. The van der Waals surface area contributed by atoms with Crippen LogP contribution in [0.25, 0.3) is 0 Å². The molecule has 1 heterocycles. The number of rotatable bonds is 5. The first-order valence-corrected chi connectivity index (χ1v) is 7.48. The summed E-state index contributed by atoms with van der Waals surface area (Å²) in [6.45, 7) is 1.06. The van der Waals surface area contributed by atoms with Crippen LogP contribution in [0.4, 0.5) is 13.2 Å². The smallest absolute Gasteiger partial charge is 0.315 e. The van der Waals surface area contributed by atoms with E-state index in [-0.39, 0.29) is 18.7 Å². The van der Waals surface area contributed by atoms with E-state index in [1.165, 1.54) is 6.92 Å². The van der Waals surface area contributed by atoms with E-state index in [9.17, 15) is 26.4 Å². The van der Waals surface area contributed by atoms with Crippen LogP contribution < -0.4 is 5.32 Å². The summed E-state index contributed by atoms with van der Waals surface area (Å²) in [5, 5.41) is 2.52. The number of Topliss-reactive ketones (excluding diaryl/α,β-unsaturated/α-hetero) is 1. The maximum absolute atomic E-state index is 13.0. The molecule has 18 heavy (non-hydrogen) atoms. The molecule has 8 heteroatoms. The number of hydrogen-bond acceptors (Lipinski definition) is 4. The van der Waals surface area contributed by atoms with Crippen molar-refractivity contribution in [2.24, 2.45) is 5.41 Å². The van der Waals surface area contributed by atoms with Crippen LogP contribution in [-0.2, 0) is 14.6 Å². The Morgan fingerprint density at radius 3 is 2.39 bits per heavy atom. The molecular weight excluding hydrogens is 271 g/mol. The van der Waals surface area contributed by atoms with Crippen molar-refractivity contribution in [1.82, 2.24) is 5.32 Å². The molecule has 0 aromatic carbocycles. The molecule has 0 bridgehead atoms. The second-order valence-electron chi connectivity index (χ2n) is 4.42. The van der Waals surface area contributed by atoms with Crippen molar-refractivity contribution in [3.05, 3.63) is 0 Å². The predicted octanol–water partition coefficient (Wildman–Crippen LogP) is 0.922. The topological polar surface area (TPSA) is 63.2 Å². The molecule has 1 aliphatic heterocycles. The Bertz CT molecular complexity index is 411. The van der Waals surface area contributed by atoms with Crippen LogP contribution in [0, 0.1) is 5.41 Å². The zero-order valence-electron chi connectivity index (χ0n) is 10.0. The van der Waals surface area contributed by atoms with E-state index in [0.717, 1.165) is 0 Å². The third kappa shape index (κ3) is 3.03. The van der Waals surface area contributed by atoms with Gasteiger partial charge in [0.2, 0.25) is 0 Å². The molecule has 1 aliphatic rings. The van der Waals surface area contributed by atoms with Gasteiger partial charge in [-0.1, -0.05) is 6.92 Å². The van der Waals surface area contributed by atoms with Gasteiger partial charge in [0.05, 0.1) is 5.75 Å². The number of hydrogen-bond donors (Lipinski definition) is 1. The number of sulfone groups is 1. The van der Waals surface area contributed by atoms with Crippen LogP contribution in [0.2, 0.25) is 0 Å². The van der Waals surface area contributed by atoms with E-state index >= 15 is 0 Å². The number of halogens is 3. The molecule has 0 radical (unpaired) electrons. The lowest BCUT2D eigenvalue weighted by molar-refractivity contribution is -0.214. The highest BCUT2D eigenvalue weighted by Gasteiger charge is 2.60. The highest BCUT2D eigenvalue weighted by molar-refractivity contribution is 7.91. The monoisotopic (exact) mass is 287 g/mol. The fraction of sp³-hybridized carbons (Fsp3) is 0.900. The molecule has 1 fully saturated rings. The maximum Gasteiger partial charge on any atom is 0.402 e. The van der Waals surface area contributed by atoms with Crippen molar-refractivity contribution < 1.29 is 26.4 Å². The van der Waals surface area contributed by atoms with Gasteiger partial charge in [-0.15, -0.1) is 0 Å². The Hall–Kier alpha value is -0.630. The summed E-state index contributed by atoms with van der Waals surface area (Å²) in [7, 11) is -3.42. The summed E-state index contributed by atoms with van der Waals surface area (Å²) in [6.07, 6.45) is -5.53. The molecule has 1 rings (SSSR count). The summed E-state index contributed by atoms with van der Waals surface area (Å²) < 4.78 is 61.3. The number of ketones is 1. The Morgan fingerprint density at radius 2 is 2.00 bits per heavy atom. The lowest BCUT2D eigenvalue weighted by atomic mass is 9.80. The van der Waals surface area contributed by atoms with E-state index in [2.05, 4.69) is 5.32 Å². The van der Waals surface area contributed by atoms with Gasteiger partial charge >= 0.3 is 6.18 Å². The van der Waals surface area contributed by atoms with Crippen LogP contribution >= 0.6 is 0 Å². The number of carbonyl (C=O) groups is 1. The normalized spacial score (nSPS) is 25.3. The minimum atomic E-state index is -4.64.